The fourth-order valence-corrected chi connectivity index (χ4v) is 4.26. The lowest BCUT2D eigenvalue weighted by Crippen LogP contribution is -2.43. The van der Waals surface area contributed by atoms with Crippen molar-refractivity contribution < 1.29 is 14.3 Å². The lowest BCUT2D eigenvalue weighted by molar-refractivity contribution is -0.139. The number of carbonyl (C=O) groups excluding carboxylic acids is 2. The Balaban J connectivity index is 2.22. The Morgan fingerprint density at radius 2 is 2.00 bits per heavy atom. The minimum Gasteiger partial charge on any atom is -0.463 e. The molecule has 5 heteroatoms. The van der Waals surface area contributed by atoms with Crippen molar-refractivity contribution in [1.29, 1.82) is 0 Å². The largest absolute Gasteiger partial charge is 0.463 e. The number of esters is 1. The summed E-state index contributed by atoms with van der Waals surface area (Å²) in [4.78, 5) is 25.8. The summed E-state index contributed by atoms with van der Waals surface area (Å²) >= 11 is 6.46. The number of Topliss-reactive ketones (excluding diaryl/α,β-unsaturated/α-hetero) is 1. The number of ketones is 1. The highest BCUT2D eigenvalue weighted by Crippen LogP contribution is 2.48. The van der Waals surface area contributed by atoms with Gasteiger partial charge in [0, 0.05) is 28.8 Å². The van der Waals surface area contributed by atoms with Crippen LogP contribution in [-0.4, -0.2) is 18.4 Å². The second-order valence-electron chi connectivity index (χ2n) is 7.59. The fraction of sp³-hybridized carbons (Fsp3) is 0.429. The van der Waals surface area contributed by atoms with Gasteiger partial charge in [-0.25, -0.2) is 4.79 Å². The molecule has 1 aliphatic heterocycles. The molecule has 0 radical (unpaired) electrons. The summed E-state index contributed by atoms with van der Waals surface area (Å²) < 4.78 is 5.29. The molecule has 1 heterocycles. The Kier molecular flexibility index (Phi) is 4.98. The van der Waals surface area contributed by atoms with E-state index < -0.39 is 17.8 Å². The first-order chi connectivity index (χ1) is 12.2. The van der Waals surface area contributed by atoms with Gasteiger partial charge in [0.15, 0.2) is 0 Å². The van der Waals surface area contributed by atoms with Crippen LogP contribution < -0.4 is 5.32 Å². The molecule has 138 valence electrons. The molecule has 1 aromatic carbocycles. The summed E-state index contributed by atoms with van der Waals surface area (Å²) in [5.41, 5.74) is 2.60. The molecule has 1 aliphatic carbocycles. The number of rotatable bonds is 3. The summed E-state index contributed by atoms with van der Waals surface area (Å²) in [5, 5.41) is 3.84. The minimum absolute atomic E-state index is 0.110. The van der Waals surface area contributed by atoms with Gasteiger partial charge in [-0.05, 0) is 30.9 Å². The van der Waals surface area contributed by atoms with Gasteiger partial charge in [-0.15, -0.1) is 0 Å². The standard InChI is InChI=1S/C21H24ClNO3/c1-5-26-20(25)17-12(2)23-15-10-21(3,4)11-16(24)19(15)18(17)13-8-6-7-9-14(13)22/h6-10,18-19,23H,5,11H2,1-4H3. The van der Waals surface area contributed by atoms with Gasteiger partial charge in [-0.1, -0.05) is 49.7 Å². The first-order valence-electron chi connectivity index (χ1n) is 8.90. The molecule has 0 amide bonds. The molecule has 0 saturated carbocycles. The van der Waals surface area contributed by atoms with Gasteiger partial charge in [0.2, 0.25) is 0 Å². The third-order valence-corrected chi connectivity index (χ3v) is 5.32. The van der Waals surface area contributed by atoms with Gasteiger partial charge in [-0.2, -0.15) is 0 Å². The Bertz CT molecular complexity index is 822. The van der Waals surface area contributed by atoms with Crippen LogP contribution in [0.4, 0.5) is 0 Å². The van der Waals surface area contributed by atoms with Crippen LogP contribution in [0.15, 0.2) is 47.3 Å². The van der Waals surface area contributed by atoms with Crippen LogP contribution >= 0.6 is 11.6 Å². The van der Waals surface area contributed by atoms with Crippen LogP contribution in [0.1, 0.15) is 45.6 Å². The predicted molar refractivity (Wildman–Crippen MR) is 102 cm³/mol. The second-order valence-corrected chi connectivity index (χ2v) is 8.00. The summed E-state index contributed by atoms with van der Waals surface area (Å²) in [5.74, 6) is -1.19. The number of fused-ring (bicyclic) bond motifs is 1. The molecule has 0 saturated heterocycles. The number of nitrogens with one attached hydrogen (secondary N) is 1. The van der Waals surface area contributed by atoms with Crippen LogP contribution in [0.2, 0.25) is 5.02 Å². The molecule has 0 bridgehead atoms. The van der Waals surface area contributed by atoms with Gasteiger partial charge in [0.05, 0.1) is 18.1 Å². The molecular formula is C21H24ClNO3. The van der Waals surface area contributed by atoms with Crippen molar-refractivity contribution in [3.05, 3.63) is 57.9 Å². The van der Waals surface area contributed by atoms with E-state index in [1.165, 1.54) is 0 Å². The van der Waals surface area contributed by atoms with E-state index in [1.807, 2.05) is 39.0 Å². The minimum atomic E-state index is -0.453. The van der Waals surface area contributed by atoms with Crippen molar-refractivity contribution in [2.24, 2.45) is 11.3 Å². The monoisotopic (exact) mass is 373 g/mol. The van der Waals surface area contributed by atoms with Gasteiger partial charge in [0.25, 0.3) is 0 Å². The number of hydrogen-bond donors (Lipinski definition) is 1. The molecule has 0 fully saturated rings. The third kappa shape index (κ3) is 3.30. The van der Waals surface area contributed by atoms with E-state index in [0.29, 0.717) is 22.7 Å². The maximum Gasteiger partial charge on any atom is 0.336 e. The molecule has 3 rings (SSSR count). The Labute approximate surface area is 159 Å². The molecule has 0 aromatic heterocycles. The van der Waals surface area contributed by atoms with E-state index in [-0.39, 0.29) is 17.8 Å². The summed E-state index contributed by atoms with van der Waals surface area (Å²) in [6.07, 6.45) is 2.54. The van der Waals surface area contributed by atoms with E-state index in [2.05, 4.69) is 11.4 Å². The van der Waals surface area contributed by atoms with E-state index in [4.69, 9.17) is 16.3 Å². The maximum absolute atomic E-state index is 13.1. The Morgan fingerprint density at radius 1 is 1.31 bits per heavy atom. The topological polar surface area (TPSA) is 55.4 Å². The zero-order valence-electron chi connectivity index (χ0n) is 15.6. The van der Waals surface area contributed by atoms with Crippen molar-refractivity contribution in [3.8, 4) is 0 Å². The van der Waals surface area contributed by atoms with Gasteiger partial charge in [0.1, 0.15) is 5.78 Å². The molecule has 2 unspecified atom stereocenters. The smallest absolute Gasteiger partial charge is 0.336 e. The van der Waals surface area contributed by atoms with Crippen LogP contribution in [0.3, 0.4) is 0 Å². The van der Waals surface area contributed by atoms with Crippen LogP contribution in [0.25, 0.3) is 0 Å². The lowest BCUT2D eigenvalue weighted by atomic mass is 9.66. The molecule has 1 aromatic rings. The number of halogens is 1. The first-order valence-corrected chi connectivity index (χ1v) is 9.27. The van der Waals surface area contributed by atoms with Crippen molar-refractivity contribution >= 4 is 23.4 Å². The number of hydrogen-bond acceptors (Lipinski definition) is 4. The number of ether oxygens (including phenoxy) is 1. The average Bonchev–Trinajstić information content (AvgIpc) is 2.53. The van der Waals surface area contributed by atoms with Crippen molar-refractivity contribution in [2.75, 3.05) is 6.61 Å². The number of allylic oxidation sites excluding steroid dienone is 3. The lowest BCUT2D eigenvalue weighted by Gasteiger charge is -2.41. The van der Waals surface area contributed by atoms with Gasteiger partial charge in [-0.3, -0.25) is 4.79 Å². The molecule has 2 atom stereocenters. The molecule has 1 N–H and O–H groups in total. The molecule has 2 aliphatic rings. The summed E-state index contributed by atoms with van der Waals surface area (Å²) in [6, 6.07) is 7.39. The highest BCUT2D eigenvalue weighted by atomic mass is 35.5. The Morgan fingerprint density at radius 3 is 2.65 bits per heavy atom. The summed E-state index contributed by atoms with van der Waals surface area (Å²) in [6.45, 7) is 7.98. The van der Waals surface area contributed by atoms with E-state index in [1.54, 1.807) is 13.0 Å². The highest BCUT2D eigenvalue weighted by Gasteiger charge is 2.46. The molecule has 0 spiro atoms. The van der Waals surface area contributed by atoms with Crippen LogP contribution in [-0.2, 0) is 14.3 Å². The van der Waals surface area contributed by atoms with Gasteiger partial charge < -0.3 is 10.1 Å². The molecular weight excluding hydrogens is 350 g/mol. The third-order valence-electron chi connectivity index (χ3n) is 4.97. The normalized spacial score (nSPS) is 24.5. The fourth-order valence-electron chi connectivity index (χ4n) is 4.01. The quantitative estimate of drug-likeness (QED) is 0.799. The Hall–Kier alpha value is -2.07. The van der Waals surface area contributed by atoms with E-state index >= 15 is 0 Å². The molecule has 4 nitrogen and oxygen atoms in total. The predicted octanol–water partition coefficient (Wildman–Crippen LogP) is 4.36. The highest BCUT2D eigenvalue weighted by molar-refractivity contribution is 6.31. The maximum atomic E-state index is 13.1. The van der Waals surface area contributed by atoms with Crippen LogP contribution in [0, 0.1) is 11.3 Å². The molecule has 26 heavy (non-hydrogen) atoms. The number of carbonyl (C=O) groups is 2. The first kappa shape index (κ1) is 18.7. The average molecular weight is 374 g/mol. The van der Waals surface area contributed by atoms with Crippen molar-refractivity contribution in [3.63, 3.8) is 0 Å². The van der Waals surface area contributed by atoms with Crippen molar-refractivity contribution in [2.45, 2.75) is 40.0 Å². The zero-order valence-corrected chi connectivity index (χ0v) is 16.3. The second kappa shape index (κ2) is 6.92. The SMILES string of the molecule is CCOC(=O)C1=C(C)NC2=CC(C)(C)CC(=O)C2C1c1ccccc1Cl. The number of benzene rings is 1. The van der Waals surface area contributed by atoms with Crippen molar-refractivity contribution in [1.82, 2.24) is 5.32 Å². The van der Waals surface area contributed by atoms with Gasteiger partial charge >= 0.3 is 5.97 Å². The van der Waals surface area contributed by atoms with E-state index in [0.717, 1.165) is 11.3 Å². The zero-order chi connectivity index (χ0) is 19.1. The van der Waals surface area contributed by atoms with E-state index in [9.17, 15) is 9.59 Å². The van der Waals surface area contributed by atoms with Crippen LogP contribution in [0.5, 0.6) is 0 Å². The summed E-state index contributed by atoms with van der Waals surface area (Å²) in [7, 11) is 0.